The molecule has 3 atom stereocenters. The van der Waals surface area contributed by atoms with Crippen molar-refractivity contribution in [3.05, 3.63) is 17.5 Å². The fourth-order valence-corrected chi connectivity index (χ4v) is 4.72. The van der Waals surface area contributed by atoms with Crippen LogP contribution in [0.4, 0.5) is 0 Å². The zero-order valence-electron chi connectivity index (χ0n) is 13.5. The minimum absolute atomic E-state index is 0.186. The van der Waals surface area contributed by atoms with Gasteiger partial charge in [0, 0.05) is 13.3 Å². The van der Waals surface area contributed by atoms with Gasteiger partial charge < -0.3 is 5.32 Å². The highest BCUT2D eigenvalue weighted by atomic mass is 32.2. The lowest BCUT2D eigenvalue weighted by Crippen LogP contribution is -2.36. The van der Waals surface area contributed by atoms with E-state index in [2.05, 4.69) is 23.4 Å². The molecule has 1 fully saturated rings. The predicted octanol–water partition coefficient (Wildman–Crippen LogP) is 1.98. The summed E-state index contributed by atoms with van der Waals surface area (Å²) in [6.45, 7) is 4.95. The van der Waals surface area contributed by atoms with Crippen molar-refractivity contribution in [2.24, 2.45) is 13.0 Å². The van der Waals surface area contributed by atoms with Crippen LogP contribution in [0.5, 0.6) is 0 Å². The van der Waals surface area contributed by atoms with Crippen LogP contribution >= 0.6 is 0 Å². The molecule has 1 aliphatic carbocycles. The normalized spacial score (nSPS) is 25.0. The maximum Gasteiger partial charge on any atom is 0.150 e. The molecule has 1 heterocycles. The Morgan fingerprint density at radius 3 is 2.71 bits per heavy atom. The van der Waals surface area contributed by atoms with Gasteiger partial charge in [0.15, 0.2) is 0 Å². The van der Waals surface area contributed by atoms with Crippen molar-refractivity contribution in [3.63, 3.8) is 0 Å². The average molecular weight is 313 g/mol. The molecule has 6 heteroatoms. The Bertz CT molecular complexity index is 580. The van der Waals surface area contributed by atoms with E-state index in [1.165, 1.54) is 6.26 Å². The van der Waals surface area contributed by atoms with Crippen LogP contribution in [0, 0.1) is 12.8 Å². The molecular formula is C15H27N3O2S. The molecule has 0 aliphatic heterocycles. The topological polar surface area (TPSA) is 64.0 Å². The van der Waals surface area contributed by atoms with Gasteiger partial charge in [-0.15, -0.1) is 0 Å². The highest BCUT2D eigenvalue weighted by Crippen LogP contribution is 2.36. The fourth-order valence-electron chi connectivity index (χ4n) is 3.53. The van der Waals surface area contributed by atoms with Crippen molar-refractivity contribution in [1.29, 1.82) is 0 Å². The van der Waals surface area contributed by atoms with Gasteiger partial charge in [0.1, 0.15) is 9.84 Å². The summed E-state index contributed by atoms with van der Waals surface area (Å²) in [7, 11) is -0.983. The SMILES string of the molecule is CCNC(c1cc(C)nn1C)C1CCCC(S(C)(=O)=O)C1. The maximum absolute atomic E-state index is 11.9. The monoisotopic (exact) mass is 313 g/mol. The van der Waals surface area contributed by atoms with Crippen molar-refractivity contribution >= 4 is 9.84 Å². The quantitative estimate of drug-likeness (QED) is 0.903. The first-order valence-corrected chi connectivity index (χ1v) is 9.71. The molecule has 1 N–H and O–H groups in total. The van der Waals surface area contributed by atoms with E-state index in [0.29, 0.717) is 5.92 Å². The lowest BCUT2D eigenvalue weighted by molar-refractivity contribution is 0.267. The van der Waals surface area contributed by atoms with E-state index >= 15 is 0 Å². The number of aryl methyl sites for hydroxylation is 2. The van der Waals surface area contributed by atoms with E-state index in [9.17, 15) is 8.42 Å². The van der Waals surface area contributed by atoms with Crippen molar-refractivity contribution < 1.29 is 8.42 Å². The Morgan fingerprint density at radius 1 is 1.48 bits per heavy atom. The maximum atomic E-state index is 11.9. The Hall–Kier alpha value is -0.880. The molecule has 0 spiro atoms. The van der Waals surface area contributed by atoms with Gasteiger partial charge in [0.2, 0.25) is 0 Å². The first-order chi connectivity index (χ1) is 9.82. The average Bonchev–Trinajstić information content (AvgIpc) is 2.74. The largest absolute Gasteiger partial charge is 0.309 e. The van der Waals surface area contributed by atoms with Crippen LogP contribution in [-0.4, -0.2) is 36.2 Å². The Balaban J connectivity index is 2.24. The molecule has 0 saturated heterocycles. The fraction of sp³-hybridized carbons (Fsp3) is 0.800. The second-order valence-electron chi connectivity index (χ2n) is 6.25. The summed E-state index contributed by atoms with van der Waals surface area (Å²) in [5, 5.41) is 7.79. The summed E-state index contributed by atoms with van der Waals surface area (Å²) in [6.07, 6.45) is 4.99. The smallest absolute Gasteiger partial charge is 0.150 e. The van der Waals surface area contributed by atoms with E-state index in [1.807, 2.05) is 18.7 Å². The van der Waals surface area contributed by atoms with E-state index in [1.54, 1.807) is 0 Å². The van der Waals surface area contributed by atoms with Crippen LogP contribution < -0.4 is 5.32 Å². The number of hydrogen-bond acceptors (Lipinski definition) is 4. The van der Waals surface area contributed by atoms with Crippen LogP contribution in [0.15, 0.2) is 6.07 Å². The minimum atomic E-state index is -2.94. The highest BCUT2D eigenvalue weighted by Gasteiger charge is 2.34. The second kappa shape index (κ2) is 6.48. The molecule has 1 saturated carbocycles. The van der Waals surface area contributed by atoms with Crippen molar-refractivity contribution in [1.82, 2.24) is 15.1 Å². The molecule has 1 aliphatic rings. The van der Waals surface area contributed by atoms with Gasteiger partial charge >= 0.3 is 0 Å². The summed E-state index contributed by atoms with van der Waals surface area (Å²) in [5.74, 6) is 0.355. The summed E-state index contributed by atoms with van der Waals surface area (Å²) in [4.78, 5) is 0. The van der Waals surface area contributed by atoms with E-state index in [4.69, 9.17) is 0 Å². The van der Waals surface area contributed by atoms with Gasteiger partial charge in [-0.1, -0.05) is 13.3 Å². The number of aromatic nitrogens is 2. The molecule has 0 aromatic carbocycles. The molecule has 1 aromatic rings. The zero-order chi connectivity index (χ0) is 15.6. The van der Waals surface area contributed by atoms with Gasteiger partial charge in [0.05, 0.1) is 22.7 Å². The Morgan fingerprint density at radius 2 is 2.19 bits per heavy atom. The van der Waals surface area contributed by atoms with Crippen LogP contribution in [0.1, 0.15) is 50.0 Å². The third-order valence-corrected chi connectivity index (χ3v) is 6.16. The summed E-state index contributed by atoms with van der Waals surface area (Å²) in [6, 6.07) is 2.29. The van der Waals surface area contributed by atoms with E-state index < -0.39 is 9.84 Å². The Kier molecular flexibility index (Phi) is 5.09. The van der Waals surface area contributed by atoms with Crippen LogP contribution in [0.25, 0.3) is 0 Å². The molecule has 0 bridgehead atoms. The van der Waals surface area contributed by atoms with E-state index in [-0.39, 0.29) is 11.3 Å². The summed E-state index contributed by atoms with van der Waals surface area (Å²) in [5.41, 5.74) is 2.17. The number of nitrogens with one attached hydrogen (secondary N) is 1. The standard InChI is InChI=1S/C15H27N3O2S/c1-5-16-15(14-9-11(2)17-18(14)3)12-7-6-8-13(10-12)21(4,19)20/h9,12-13,15-16H,5-8,10H2,1-4H3. The Labute approximate surface area is 128 Å². The summed E-state index contributed by atoms with van der Waals surface area (Å²) >= 11 is 0. The van der Waals surface area contributed by atoms with Gasteiger partial charge in [0.25, 0.3) is 0 Å². The first-order valence-electron chi connectivity index (χ1n) is 7.75. The molecule has 0 amide bonds. The number of nitrogens with zero attached hydrogens (tertiary/aromatic N) is 2. The van der Waals surface area contributed by atoms with Gasteiger partial charge in [-0.25, -0.2) is 8.42 Å². The highest BCUT2D eigenvalue weighted by molar-refractivity contribution is 7.91. The molecular weight excluding hydrogens is 286 g/mol. The van der Waals surface area contributed by atoms with Gasteiger partial charge in [-0.05, 0) is 44.7 Å². The van der Waals surface area contributed by atoms with Crippen molar-refractivity contribution in [2.45, 2.75) is 50.8 Å². The van der Waals surface area contributed by atoms with Crippen LogP contribution in [0.2, 0.25) is 0 Å². The lowest BCUT2D eigenvalue weighted by atomic mass is 9.82. The van der Waals surface area contributed by atoms with Crippen molar-refractivity contribution in [3.8, 4) is 0 Å². The van der Waals surface area contributed by atoms with E-state index in [0.717, 1.165) is 43.6 Å². The third kappa shape index (κ3) is 3.86. The number of hydrogen-bond donors (Lipinski definition) is 1. The molecule has 120 valence electrons. The molecule has 3 unspecified atom stereocenters. The lowest BCUT2D eigenvalue weighted by Gasteiger charge is -2.34. The number of sulfone groups is 1. The first kappa shape index (κ1) is 16.5. The van der Waals surface area contributed by atoms with Crippen LogP contribution in [0.3, 0.4) is 0 Å². The minimum Gasteiger partial charge on any atom is -0.309 e. The summed E-state index contributed by atoms with van der Waals surface area (Å²) < 4.78 is 25.7. The van der Waals surface area contributed by atoms with Crippen molar-refractivity contribution in [2.75, 3.05) is 12.8 Å². The molecule has 0 radical (unpaired) electrons. The third-order valence-electron chi connectivity index (χ3n) is 4.52. The van der Waals surface area contributed by atoms with Crippen LogP contribution in [-0.2, 0) is 16.9 Å². The predicted molar refractivity (Wildman–Crippen MR) is 85.0 cm³/mol. The molecule has 21 heavy (non-hydrogen) atoms. The number of rotatable bonds is 5. The molecule has 2 rings (SSSR count). The molecule has 1 aromatic heterocycles. The van der Waals surface area contributed by atoms with Gasteiger partial charge in [-0.3, -0.25) is 4.68 Å². The molecule has 5 nitrogen and oxygen atoms in total. The zero-order valence-corrected chi connectivity index (χ0v) is 14.3. The second-order valence-corrected chi connectivity index (χ2v) is 8.57. The van der Waals surface area contributed by atoms with Gasteiger partial charge in [-0.2, -0.15) is 5.10 Å².